The summed E-state index contributed by atoms with van der Waals surface area (Å²) in [5.41, 5.74) is 11.9. The predicted molar refractivity (Wildman–Crippen MR) is 200 cm³/mol. The van der Waals surface area contributed by atoms with Crippen LogP contribution in [0.5, 0.6) is 0 Å². The standard InChI is InChI=1S/C44H38N4/c1-43(2,3)30-19-21-38-34(23-30)32-11-7-9-13-36(32)47(38)40-26-46-27-41(42(40)29-17-15-28(25-45)16-18-29)48-37-14-10-8-12-33(37)35-24-31(44(4,5)6)20-22-39(35)48/h7-24,26-27H,1-6H3. The van der Waals surface area contributed by atoms with Crippen LogP contribution >= 0.6 is 0 Å². The molecule has 0 aliphatic carbocycles. The minimum Gasteiger partial charge on any atom is -0.307 e. The first-order valence-corrected chi connectivity index (χ1v) is 16.6. The highest BCUT2D eigenvalue weighted by atomic mass is 15.0. The summed E-state index contributed by atoms with van der Waals surface area (Å²) in [5, 5.41) is 14.5. The van der Waals surface area contributed by atoms with E-state index < -0.39 is 0 Å². The van der Waals surface area contributed by atoms with Gasteiger partial charge in [-0.1, -0.05) is 102 Å². The summed E-state index contributed by atoms with van der Waals surface area (Å²) in [7, 11) is 0. The van der Waals surface area contributed by atoms with Gasteiger partial charge in [-0.2, -0.15) is 5.26 Å². The zero-order chi connectivity index (χ0) is 33.4. The molecule has 0 atom stereocenters. The molecule has 4 heteroatoms. The molecule has 0 radical (unpaired) electrons. The number of nitrogens with zero attached hydrogens (tertiary/aromatic N) is 4. The van der Waals surface area contributed by atoms with Gasteiger partial charge in [0.05, 0.1) is 57.5 Å². The molecule has 0 saturated carbocycles. The van der Waals surface area contributed by atoms with Crippen molar-refractivity contribution in [3.8, 4) is 28.6 Å². The van der Waals surface area contributed by atoms with Crippen molar-refractivity contribution < 1.29 is 0 Å². The number of rotatable bonds is 3. The summed E-state index contributed by atoms with van der Waals surface area (Å²) in [6.45, 7) is 13.6. The van der Waals surface area contributed by atoms with E-state index >= 15 is 0 Å². The highest BCUT2D eigenvalue weighted by molar-refractivity contribution is 6.12. The molecule has 8 aromatic rings. The highest BCUT2D eigenvalue weighted by Crippen LogP contribution is 2.42. The Bertz CT molecular complexity index is 2430. The van der Waals surface area contributed by atoms with Crippen molar-refractivity contribution in [3.63, 3.8) is 0 Å². The van der Waals surface area contributed by atoms with Gasteiger partial charge >= 0.3 is 0 Å². The van der Waals surface area contributed by atoms with Gasteiger partial charge in [-0.25, -0.2) is 0 Å². The van der Waals surface area contributed by atoms with E-state index in [0.29, 0.717) is 5.56 Å². The lowest BCUT2D eigenvalue weighted by Gasteiger charge is -2.21. The highest BCUT2D eigenvalue weighted by Gasteiger charge is 2.24. The fraction of sp³-hybridized carbons (Fsp3) is 0.182. The number of benzene rings is 5. The van der Waals surface area contributed by atoms with Crippen LogP contribution in [-0.4, -0.2) is 14.1 Å². The van der Waals surface area contributed by atoms with Crippen molar-refractivity contribution in [2.45, 2.75) is 52.4 Å². The molecule has 0 N–H and O–H groups in total. The van der Waals surface area contributed by atoms with Gasteiger partial charge in [0.15, 0.2) is 0 Å². The predicted octanol–water partition coefficient (Wildman–Crippen LogP) is 11.4. The molecule has 0 aliphatic rings. The van der Waals surface area contributed by atoms with E-state index in [2.05, 4.69) is 154 Å². The number of hydrogen-bond donors (Lipinski definition) is 0. The Morgan fingerprint density at radius 3 is 1.40 bits per heavy atom. The Morgan fingerprint density at radius 1 is 0.521 bits per heavy atom. The lowest BCUT2D eigenvalue weighted by molar-refractivity contribution is 0.591. The first kappa shape index (κ1) is 29.7. The Hall–Kier alpha value is -5.66. The zero-order valence-electron chi connectivity index (χ0n) is 28.3. The average molecular weight is 623 g/mol. The summed E-state index contributed by atoms with van der Waals surface area (Å²) >= 11 is 0. The maximum atomic E-state index is 9.67. The van der Waals surface area contributed by atoms with E-state index in [1.807, 2.05) is 24.5 Å². The molecule has 3 heterocycles. The van der Waals surface area contributed by atoms with Gasteiger partial charge in [0.2, 0.25) is 0 Å². The fourth-order valence-electron chi connectivity index (χ4n) is 7.18. The van der Waals surface area contributed by atoms with Gasteiger partial charge < -0.3 is 9.13 Å². The van der Waals surface area contributed by atoms with Crippen LogP contribution in [0.4, 0.5) is 0 Å². The number of pyridine rings is 1. The summed E-state index contributed by atoms with van der Waals surface area (Å²) in [6.07, 6.45) is 3.98. The SMILES string of the molecule is CC(C)(C)c1ccc2c(c1)c1ccccc1n2-c1cncc(-n2c3ccccc3c3cc(C(C)(C)C)ccc32)c1-c1ccc(C#N)cc1. The molecule has 234 valence electrons. The quantitative estimate of drug-likeness (QED) is 0.197. The lowest BCUT2D eigenvalue weighted by atomic mass is 9.86. The van der Waals surface area contributed by atoms with Crippen LogP contribution in [0, 0.1) is 11.3 Å². The van der Waals surface area contributed by atoms with Crippen LogP contribution in [0.3, 0.4) is 0 Å². The fourth-order valence-corrected chi connectivity index (χ4v) is 7.18. The normalized spacial score (nSPS) is 12.4. The summed E-state index contributed by atoms with van der Waals surface area (Å²) in [5.74, 6) is 0. The van der Waals surface area contributed by atoms with E-state index in [4.69, 9.17) is 4.98 Å². The van der Waals surface area contributed by atoms with Crippen molar-refractivity contribution in [2.24, 2.45) is 0 Å². The van der Waals surface area contributed by atoms with Crippen LogP contribution in [0.1, 0.15) is 58.2 Å². The van der Waals surface area contributed by atoms with Crippen molar-refractivity contribution in [3.05, 3.63) is 138 Å². The van der Waals surface area contributed by atoms with E-state index in [1.54, 1.807) is 0 Å². The molecular formula is C44H38N4. The van der Waals surface area contributed by atoms with Gasteiger partial charge in [0.1, 0.15) is 0 Å². The molecule has 4 nitrogen and oxygen atoms in total. The van der Waals surface area contributed by atoms with Gasteiger partial charge in [0, 0.05) is 27.1 Å². The second kappa shape index (κ2) is 10.7. The Morgan fingerprint density at radius 2 is 0.958 bits per heavy atom. The zero-order valence-corrected chi connectivity index (χ0v) is 28.3. The number of para-hydroxylation sites is 2. The van der Waals surface area contributed by atoms with Gasteiger partial charge in [0.25, 0.3) is 0 Å². The molecule has 0 bridgehead atoms. The van der Waals surface area contributed by atoms with Crippen molar-refractivity contribution in [2.75, 3.05) is 0 Å². The van der Waals surface area contributed by atoms with E-state index in [9.17, 15) is 5.26 Å². The molecular weight excluding hydrogens is 585 g/mol. The Balaban J connectivity index is 1.51. The van der Waals surface area contributed by atoms with Crippen LogP contribution in [0.25, 0.3) is 66.1 Å². The van der Waals surface area contributed by atoms with Crippen molar-refractivity contribution in [1.29, 1.82) is 5.26 Å². The third kappa shape index (κ3) is 4.61. The van der Waals surface area contributed by atoms with Gasteiger partial charge in [-0.15, -0.1) is 0 Å². The molecule has 5 aromatic carbocycles. The number of fused-ring (bicyclic) bond motifs is 6. The first-order valence-electron chi connectivity index (χ1n) is 16.6. The molecule has 8 rings (SSSR count). The van der Waals surface area contributed by atoms with E-state index in [1.165, 1.54) is 32.7 Å². The molecule has 0 unspecified atom stereocenters. The smallest absolute Gasteiger partial charge is 0.0991 e. The van der Waals surface area contributed by atoms with Gasteiger partial charge in [-0.3, -0.25) is 4.98 Å². The number of nitriles is 1. The van der Waals surface area contributed by atoms with Crippen molar-refractivity contribution in [1.82, 2.24) is 14.1 Å². The molecule has 3 aromatic heterocycles. The lowest BCUT2D eigenvalue weighted by Crippen LogP contribution is -2.10. The monoisotopic (exact) mass is 622 g/mol. The molecule has 0 fully saturated rings. The second-order valence-corrected chi connectivity index (χ2v) is 14.9. The third-order valence-electron chi connectivity index (χ3n) is 9.77. The summed E-state index contributed by atoms with van der Waals surface area (Å²) in [6, 6.07) is 41.3. The summed E-state index contributed by atoms with van der Waals surface area (Å²) < 4.78 is 4.74. The van der Waals surface area contributed by atoms with Crippen LogP contribution in [-0.2, 0) is 10.8 Å². The minimum atomic E-state index is 0.0237. The molecule has 0 spiro atoms. The van der Waals surface area contributed by atoms with Crippen molar-refractivity contribution >= 4 is 43.6 Å². The molecule has 0 amide bonds. The maximum Gasteiger partial charge on any atom is 0.0991 e. The topological polar surface area (TPSA) is 46.5 Å². The third-order valence-corrected chi connectivity index (χ3v) is 9.77. The first-order chi connectivity index (χ1) is 23.0. The second-order valence-electron chi connectivity index (χ2n) is 14.9. The average Bonchev–Trinajstić information content (AvgIpc) is 3.59. The largest absolute Gasteiger partial charge is 0.307 e. The summed E-state index contributed by atoms with van der Waals surface area (Å²) in [4.78, 5) is 4.96. The molecule has 0 saturated heterocycles. The molecule has 48 heavy (non-hydrogen) atoms. The van der Waals surface area contributed by atoms with Gasteiger partial charge in [-0.05, 0) is 76.1 Å². The maximum absolute atomic E-state index is 9.67. The van der Waals surface area contributed by atoms with E-state index in [0.717, 1.165) is 44.6 Å². The van der Waals surface area contributed by atoms with Crippen LogP contribution < -0.4 is 0 Å². The molecule has 0 aliphatic heterocycles. The minimum absolute atomic E-state index is 0.0237. The Kier molecular flexibility index (Phi) is 6.62. The van der Waals surface area contributed by atoms with Crippen LogP contribution in [0.2, 0.25) is 0 Å². The number of aromatic nitrogens is 3. The van der Waals surface area contributed by atoms with Crippen LogP contribution in [0.15, 0.2) is 122 Å². The number of hydrogen-bond acceptors (Lipinski definition) is 2. The van der Waals surface area contributed by atoms with E-state index in [-0.39, 0.29) is 10.8 Å². The Labute approximate surface area is 281 Å².